The molecule has 2 aliphatic rings. The van der Waals surface area contributed by atoms with Gasteiger partial charge in [0, 0.05) is 5.41 Å². The van der Waals surface area contributed by atoms with Crippen LogP contribution >= 0.6 is 0 Å². The molecule has 4 heteroatoms. The highest BCUT2D eigenvalue weighted by Crippen LogP contribution is 2.37. The Labute approximate surface area is 121 Å². The monoisotopic (exact) mass is 274 g/mol. The first-order valence-electron chi connectivity index (χ1n) is 7.27. The first kappa shape index (κ1) is 14.1. The fourth-order valence-corrected chi connectivity index (χ4v) is 2.60. The summed E-state index contributed by atoms with van der Waals surface area (Å²) in [6.07, 6.45) is 0. The van der Waals surface area contributed by atoms with E-state index in [9.17, 15) is 0 Å². The van der Waals surface area contributed by atoms with E-state index in [1.165, 1.54) is 5.56 Å². The quantitative estimate of drug-likeness (QED) is 0.774. The van der Waals surface area contributed by atoms with Crippen LogP contribution in [0.1, 0.15) is 40.2 Å². The van der Waals surface area contributed by atoms with Crippen molar-refractivity contribution in [2.45, 2.75) is 51.2 Å². The highest BCUT2D eigenvalue weighted by Gasteiger charge is 2.51. The van der Waals surface area contributed by atoms with Crippen LogP contribution in [0.2, 0.25) is 0 Å². The maximum absolute atomic E-state index is 6.07. The average Bonchev–Trinajstić information content (AvgIpc) is 2.56. The molecule has 0 aliphatic carbocycles. The van der Waals surface area contributed by atoms with Gasteiger partial charge in [-0.25, -0.2) is 0 Å². The Morgan fingerprint density at radius 3 is 1.75 bits per heavy atom. The van der Waals surface area contributed by atoms with Gasteiger partial charge in [0.05, 0.1) is 24.4 Å². The second-order valence-electron chi connectivity index (χ2n) is 7.26. The predicted molar refractivity (Wildman–Crippen MR) is 80.3 cm³/mol. The summed E-state index contributed by atoms with van der Waals surface area (Å²) >= 11 is 0. The predicted octanol–water partition coefficient (Wildman–Crippen LogP) is 2.27. The molecule has 1 aromatic rings. The maximum Gasteiger partial charge on any atom is 0.494 e. The minimum Gasteiger partial charge on any atom is -0.399 e. The molecule has 0 unspecified atom stereocenters. The van der Waals surface area contributed by atoms with E-state index in [1.54, 1.807) is 0 Å². The summed E-state index contributed by atoms with van der Waals surface area (Å²) < 4.78 is 17.5. The Balaban J connectivity index is 1.79. The molecule has 2 saturated heterocycles. The largest absolute Gasteiger partial charge is 0.494 e. The molecule has 0 spiro atoms. The van der Waals surface area contributed by atoms with Gasteiger partial charge in [-0.1, -0.05) is 31.2 Å². The highest BCUT2D eigenvalue weighted by molar-refractivity contribution is 6.62. The van der Waals surface area contributed by atoms with Gasteiger partial charge in [0.15, 0.2) is 0 Å². The number of hydrogen-bond acceptors (Lipinski definition) is 3. The molecule has 0 saturated carbocycles. The van der Waals surface area contributed by atoms with E-state index >= 15 is 0 Å². The Hall–Kier alpha value is -0.835. The average molecular weight is 274 g/mol. The van der Waals surface area contributed by atoms with Gasteiger partial charge in [0.1, 0.15) is 0 Å². The van der Waals surface area contributed by atoms with Crippen LogP contribution < -0.4 is 5.46 Å². The maximum atomic E-state index is 6.07. The minimum atomic E-state index is -0.288. The van der Waals surface area contributed by atoms with Gasteiger partial charge in [-0.15, -0.1) is 0 Å². The molecule has 108 valence electrons. The van der Waals surface area contributed by atoms with Gasteiger partial charge in [-0.2, -0.15) is 0 Å². The van der Waals surface area contributed by atoms with Crippen LogP contribution in [0.15, 0.2) is 24.3 Å². The normalized spacial score (nSPS) is 26.4. The SMILES string of the molecule is CC1(c2ccc(B3OC(C)(C)C(C)(C)O3)cc2)COC1. The summed E-state index contributed by atoms with van der Waals surface area (Å²) in [7, 11) is -0.278. The molecule has 2 aliphatic heterocycles. The number of rotatable bonds is 2. The van der Waals surface area contributed by atoms with Crippen LogP contribution in [0.4, 0.5) is 0 Å². The van der Waals surface area contributed by atoms with Crippen molar-refractivity contribution in [3.8, 4) is 0 Å². The molecule has 20 heavy (non-hydrogen) atoms. The first-order chi connectivity index (χ1) is 9.24. The molecule has 0 aromatic heterocycles. The van der Waals surface area contributed by atoms with Crippen LogP contribution in [0.5, 0.6) is 0 Å². The van der Waals surface area contributed by atoms with Crippen molar-refractivity contribution in [1.82, 2.24) is 0 Å². The van der Waals surface area contributed by atoms with Gasteiger partial charge < -0.3 is 14.0 Å². The number of benzene rings is 1. The fourth-order valence-electron chi connectivity index (χ4n) is 2.60. The number of hydrogen-bond donors (Lipinski definition) is 0. The van der Waals surface area contributed by atoms with E-state index in [2.05, 4.69) is 58.9 Å². The van der Waals surface area contributed by atoms with Crippen molar-refractivity contribution in [1.29, 1.82) is 0 Å². The van der Waals surface area contributed by atoms with Gasteiger partial charge in [-0.3, -0.25) is 0 Å². The van der Waals surface area contributed by atoms with Crippen LogP contribution in [-0.2, 0) is 19.5 Å². The summed E-state index contributed by atoms with van der Waals surface area (Å²) in [5.41, 5.74) is 2.00. The summed E-state index contributed by atoms with van der Waals surface area (Å²) in [5, 5.41) is 0. The second-order valence-corrected chi connectivity index (χ2v) is 7.26. The van der Waals surface area contributed by atoms with Crippen LogP contribution in [0.25, 0.3) is 0 Å². The lowest BCUT2D eigenvalue weighted by Gasteiger charge is -2.38. The second kappa shape index (κ2) is 4.33. The Bertz CT molecular complexity index is 487. The van der Waals surface area contributed by atoms with E-state index in [1.807, 2.05) is 0 Å². The minimum absolute atomic E-state index is 0.175. The number of ether oxygens (including phenoxy) is 1. The van der Waals surface area contributed by atoms with E-state index < -0.39 is 0 Å². The van der Waals surface area contributed by atoms with E-state index in [4.69, 9.17) is 14.0 Å². The molecule has 1 aromatic carbocycles. The van der Waals surface area contributed by atoms with Crippen LogP contribution in [0.3, 0.4) is 0 Å². The summed E-state index contributed by atoms with van der Waals surface area (Å²) in [6, 6.07) is 8.56. The van der Waals surface area contributed by atoms with Crippen molar-refractivity contribution in [2.75, 3.05) is 13.2 Å². The Kier molecular flexibility index (Phi) is 3.05. The zero-order valence-corrected chi connectivity index (χ0v) is 13.0. The molecular weight excluding hydrogens is 251 g/mol. The standard InChI is InChI=1S/C16H23BO3/c1-14(2)15(3,4)20-17(19-14)13-8-6-12(7-9-13)16(5)10-18-11-16/h6-9H,10-11H2,1-5H3. The summed E-state index contributed by atoms with van der Waals surface area (Å²) in [5.74, 6) is 0. The van der Waals surface area contributed by atoms with Crippen molar-refractivity contribution < 1.29 is 14.0 Å². The van der Waals surface area contributed by atoms with E-state index in [0.717, 1.165) is 18.7 Å². The molecule has 0 N–H and O–H groups in total. The molecule has 0 radical (unpaired) electrons. The molecule has 0 atom stereocenters. The third kappa shape index (κ3) is 2.10. The lowest BCUT2D eigenvalue weighted by molar-refractivity contribution is -0.0499. The molecule has 2 fully saturated rings. The van der Waals surface area contributed by atoms with Crippen molar-refractivity contribution in [3.05, 3.63) is 29.8 Å². The third-order valence-electron chi connectivity index (χ3n) is 4.97. The van der Waals surface area contributed by atoms with Gasteiger partial charge in [-0.05, 0) is 38.7 Å². The van der Waals surface area contributed by atoms with E-state index in [-0.39, 0.29) is 23.7 Å². The molecular formula is C16H23BO3. The van der Waals surface area contributed by atoms with Crippen molar-refractivity contribution in [2.24, 2.45) is 0 Å². The molecule has 2 heterocycles. The van der Waals surface area contributed by atoms with Crippen LogP contribution in [-0.4, -0.2) is 31.5 Å². The molecule has 3 nitrogen and oxygen atoms in total. The molecule has 0 amide bonds. The highest BCUT2D eigenvalue weighted by atomic mass is 16.7. The third-order valence-corrected chi connectivity index (χ3v) is 4.97. The molecule has 0 bridgehead atoms. The van der Waals surface area contributed by atoms with Gasteiger partial charge in [0.2, 0.25) is 0 Å². The Morgan fingerprint density at radius 2 is 1.35 bits per heavy atom. The van der Waals surface area contributed by atoms with Crippen molar-refractivity contribution in [3.63, 3.8) is 0 Å². The van der Waals surface area contributed by atoms with E-state index in [0.29, 0.717) is 0 Å². The summed E-state index contributed by atoms with van der Waals surface area (Å²) in [6.45, 7) is 12.2. The lowest BCUT2D eigenvalue weighted by Crippen LogP contribution is -2.44. The smallest absolute Gasteiger partial charge is 0.399 e. The van der Waals surface area contributed by atoms with Crippen LogP contribution in [0, 0.1) is 0 Å². The zero-order valence-electron chi connectivity index (χ0n) is 13.0. The van der Waals surface area contributed by atoms with Crippen molar-refractivity contribution >= 4 is 12.6 Å². The van der Waals surface area contributed by atoms with Gasteiger partial charge >= 0.3 is 7.12 Å². The lowest BCUT2D eigenvalue weighted by atomic mass is 9.75. The van der Waals surface area contributed by atoms with Gasteiger partial charge in [0.25, 0.3) is 0 Å². The topological polar surface area (TPSA) is 27.7 Å². The molecule has 3 rings (SSSR count). The zero-order chi connectivity index (χ0) is 14.6. The first-order valence-corrected chi connectivity index (χ1v) is 7.27. The Morgan fingerprint density at radius 1 is 0.850 bits per heavy atom. The summed E-state index contributed by atoms with van der Waals surface area (Å²) in [4.78, 5) is 0. The fraction of sp³-hybridized carbons (Fsp3) is 0.625.